The van der Waals surface area contributed by atoms with Crippen molar-refractivity contribution in [2.24, 2.45) is 11.7 Å². The number of primary amides is 1. The third kappa shape index (κ3) is 5.65. The van der Waals surface area contributed by atoms with Crippen molar-refractivity contribution < 1.29 is 22.7 Å². The van der Waals surface area contributed by atoms with Crippen molar-refractivity contribution >= 4 is 33.2 Å². The van der Waals surface area contributed by atoms with E-state index < -0.39 is 10.0 Å². The quantitative estimate of drug-likeness (QED) is 0.581. The lowest BCUT2D eigenvalue weighted by Crippen LogP contribution is -2.44. The van der Waals surface area contributed by atoms with Crippen molar-refractivity contribution in [2.75, 3.05) is 69.2 Å². The highest BCUT2D eigenvalue weighted by Crippen LogP contribution is 2.32. The van der Waals surface area contributed by atoms with Crippen LogP contribution in [0.5, 0.6) is 0 Å². The number of piperidine rings is 1. The highest BCUT2D eigenvalue weighted by atomic mass is 32.2. The van der Waals surface area contributed by atoms with Gasteiger partial charge in [0.15, 0.2) is 0 Å². The number of likely N-dealkylation sites (tertiary alicyclic amines) is 1. The number of nitrogens with zero attached hydrogens (tertiary/aromatic N) is 3. The summed E-state index contributed by atoms with van der Waals surface area (Å²) >= 11 is 0. The maximum Gasteiger partial charge on any atom is 0.243 e. The van der Waals surface area contributed by atoms with E-state index in [1.165, 1.54) is 4.31 Å². The Hall–Kier alpha value is -2.21. The Morgan fingerprint density at radius 2 is 1.79 bits per heavy atom. The van der Waals surface area contributed by atoms with Gasteiger partial charge in [-0.3, -0.25) is 14.5 Å². The summed E-state index contributed by atoms with van der Waals surface area (Å²) in [6, 6.07) is 4.98. The molecule has 1 atom stereocenters. The molecule has 3 saturated heterocycles. The third-order valence-corrected chi connectivity index (χ3v) is 8.47. The summed E-state index contributed by atoms with van der Waals surface area (Å²) in [4.78, 5) is 28.7. The second kappa shape index (κ2) is 10.4. The van der Waals surface area contributed by atoms with Crippen LogP contribution in [0.2, 0.25) is 0 Å². The minimum absolute atomic E-state index is 0.129. The van der Waals surface area contributed by atoms with E-state index in [0.29, 0.717) is 38.5 Å². The molecule has 182 valence electrons. The Morgan fingerprint density at radius 3 is 2.48 bits per heavy atom. The first-order chi connectivity index (χ1) is 15.8. The fraction of sp³-hybridized carbons (Fsp3) is 0.636. The summed E-state index contributed by atoms with van der Waals surface area (Å²) in [6.07, 6.45) is 3.67. The number of sulfonamides is 1. The average Bonchev–Trinajstić information content (AvgIpc) is 3.34. The lowest BCUT2D eigenvalue weighted by atomic mass is 9.97. The number of ether oxygens (including phenoxy) is 1. The normalized spacial score (nSPS) is 22.9. The molecule has 10 nitrogen and oxygen atoms in total. The van der Waals surface area contributed by atoms with Crippen LogP contribution < -0.4 is 16.0 Å². The number of hydrogen-bond donors (Lipinski definition) is 2. The van der Waals surface area contributed by atoms with Crippen molar-refractivity contribution in [2.45, 2.75) is 30.6 Å². The van der Waals surface area contributed by atoms with Crippen LogP contribution >= 0.6 is 0 Å². The molecular weight excluding hydrogens is 446 g/mol. The Kier molecular flexibility index (Phi) is 7.52. The topological polar surface area (TPSA) is 125 Å². The zero-order valence-electron chi connectivity index (χ0n) is 18.9. The maximum atomic E-state index is 13.2. The number of nitrogens with two attached hydrogens (primary N) is 1. The molecule has 1 aromatic rings. The molecule has 4 rings (SSSR count). The van der Waals surface area contributed by atoms with Crippen LogP contribution in [0.25, 0.3) is 0 Å². The molecule has 33 heavy (non-hydrogen) atoms. The standard InChI is InChI=1S/C22H33N5O5S/c23-22(29)17-4-3-7-25(15-17)16-21(28)24-19-14-18(5-6-20(19)26-8-1-2-9-26)33(30,31)27-10-12-32-13-11-27/h5-6,14,17H,1-4,7-13,15-16H2,(H2,23,29)(H,24,28)/t17-/m0/s1. The first-order valence-electron chi connectivity index (χ1n) is 11.6. The number of nitrogens with one attached hydrogen (secondary N) is 1. The van der Waals surface area contributed by atoms with E-state index in [4.69, 9.17) is 10.5 Å². The van der Waals surface area contributed by atoms with E-state index in [0.717, 1.165) is 51.0 Å². The number of rotatable bonds is 7. The van der Waals surface area contributed by atoms with Gasteiger partial charge in [0, 0.05) is 32.7 Å². The van der Waals surface area contributed by atoms with Gasteiger partial charge in [-0.2, -0.15) is 4.31 Å². The van der Waals surface area contributed by atoms with Crippen LogP contribution in [-0.4, -0.2) is 88.5 Å². The number of hydrogen-bond acceptors (Lipinski definition) is 7. The van der Waals surface area contributed by atoms with Crippen molar-refractivity contribution in [3.05, 3.63) is 18.2 Å². The fourth-order valence-corrected chi connectivity index (χ4v) is 6.20. The van der Waals surface area contributed by atoms with Gasteiger partial charge in [0.1, 0.15) is 0 Å². The molecule has 0 spiro atoms. The second-order valence-electron chi connectivity index (χ2n) is 8.91. The molecule has 0 unspecified atom stereocenters. The second-order valence-corrected chi connectivity index (χ2v) is 10.9. The first-order valence-corrected chi connectivity index (χ1v) is 13.1. The molecule has 3 fully saturated rings. The Bertz CT molecular complexity index is 973. The van der Waals surface area contributed by atoms with Gasteiger partial charge in [-0.25, -0.2) is 8.42 Å². The summed E-state index contributed by atoms with van der Waals surface area (Å²) in [5.41, 5.74) is 6.78. The first kappa shape index (κ1) is 23.9. The predicted molar refractivity (Wildman–Crippen MR) is 124 cm³/mol. The number of amides is 2. The predicted octanol–water partition coefficient (Wildman–Crippen LogP) is 0.444. The van der Waals surface area contributed by atoms with Gasteiger partial charge in [-0.15, -0.1) is 0 Å². The van der Waals surface area contributed by atoms with Crippen LogP contribution in [0.15, 0.2) is 23.1 Å². The molecule has 1 aromatic carbocycles. The van der Waals surface area contributed by atoms with Crippen molar-refractivity contribution in [3.8, 4) is 0 Å². The van der Waals surface area contributed by atoms with Gasteiger partial charge in [0.05, 0.1) is 41.9 Å². The largest absolute Gasteiger partial charge is 0.379 e. The summed E-state index contributed by atoms with van der Waals surface area (Å²) < 4.78 is 33.0. The number of morpholine rings is 1. The van der Waals surface area contributed by atoms with E-state index >= 15 is 0 Å². The Balaban J connectivity index is 1.53. The Labute approximate surface area is 195 Å². The van der Waals surface area contributed by atoms with E-state index in [9.17, 15) is 18.0 Å². The molecule has 3 aliphatic heterocycles. The van der Waals surface area contributed by atoms with Gasteiger partial charge in [-0.05, 0) is 50.4 Å². The minimum atomic E-state index is -3.68. The molecular formula is C22H33N5O5S. The monoisotopic (exact) mass is 479 g/mol. The summed E-state index contributed by atoms with van der Waals surface area (Å²) in [5.74, 6) is -0.812. The molecule has 0 aromatic heterocycles. The highest BCUT2D eigenvalue weighted by molar-refractivity contribution is 7.89. The molecule has 0 radical (unpaired) electrons. The zero-order valence-corrected chi connectivity index (χ0v) is 19.7. The van der Waals surface area contributed by atoms with Gasteiger partial charge in [-0.1, -0.05) is 0 Å². The van der Waals surface area contributed by atoms with E-state index in [2.05, 4.69) is 10.2 Å². The number of carbonyl (C=O) groups excluding carboxylic acids is 2. The lowest BCUT2D eigenvalue weighted by Gasteiger charge is -2.31. The number of anilines is 2. The summed E-state index contributed by atoms with van der Waals surface area (Å²) in [7, 11) is -3.68. The van der Waals surface area contributed by atoms with Crippen LogP contribution in [0.3, 0.4) is 0 Å². The van der Waals surface area contributed by atoms with Gasteiger partial charge >= 0.3 is 0 Å². The smallest absolute Gasteiger partial charge is 0.243 e. The zero-order chi connectivity index (χ0) is 23.4. The molecule has 0 aliphatic carbocycles. The van der Waals surface area contributed by atoms with Gasteiger partial charge in [0.25, 0.3) is 0 Å². The average molecular weight is 480 g/mol. The van der Waals surface area contributed by atoms with Crippen LogP contribution in [0, 0.1) is 5.92 Å². The molecule has 11 heteroatoms. The number of benzene rings is 1. The molecule has 3 heterocycles. The minimum Gasteiger partial charge on any atom is -0.379 e. The van der Waals surface area contributed by atoms with Crippen LogP contribution in [0.4, 0.5) is 11.4 Å². The molecule has 0 bridgehead atoms. The molecule has 0 saturated carbocycles. The van der Waals surface area contributed by atoms with E-state index in [-0.39, 0.29) is 29.2 Å². The van der Waals surface area contributed by atoms with Gasteiger partial charge < -0.3 is 20.7 Å². The van der Waals surface area contributed by atoms with Crippen LogP contribution in [-0.2, 0) is 24.3 Å². The van der Waals surface area contributed by atoms with E-state index in [1.54, 1.807) is 18.2 Å². The number of carbonyl (C=O) groups is 2. The van der Waals surface area contributed by atoms with Crippen molar-refractivity contribution in [3.63, 3.8) is 0 Å². The van der Waals surface area contributed by atoms with Crippen molar-refractivity contribution in [1.82, 2.24) is 9.21 Å². The van der Waals surface area contributed by atoms with E-state index in [1.807, 2.05) is 4.90 Å². The Morgan fingerprint density at radius 1 is 1.06 bits per heavy atom. The maximum absolute atomic E-state index is 13.2. The highest BCUT2D eigenvalue weighted by Gasteiger charge is 2.29. The van der Waals surface area contributed by atoms with Crippen LogP contribution in [0.1, 0.15) is 25.7 Å². The van der Waals surface area contributed by atoms with Crippen molar-refractivity contribution in [1.29, 1.82) is 0 Å². The third-order valence-electron chi connectivity index (χ3n) is 6.57. The molecule has 3 N–H and O–H groups in total. The van der Waals surface area contributed by atoms with Gasteiger partial charge in [0.2, 0.25) is 21.8 Å². The lowest BCUT2D eigenvalue weighted by molar-refractivity contribution is -0.125. The SMILES string of the molecule is NC(=O)[C@H]1CCCN(CC(=O)Nc2cc(S(=O)(=O)N3CCOCC3)ccc2N2CCCC2)C1. The molecule has 2 amide bonds. The fourth-order valence-electron chi connectivity index (χ4n) is 4.77. The summed E-state index contributed by atoms with van der Waals surface area (Å²) in [5, 5.41) is 2.95. The molecule has 3 aliphatic rings. The summed E-state index contributed by atoms with van der Waals surface area (Å²) in [6.45, 7) is 4.42.